The molecule has 0 bridgehead atoms. The second-order valence-electron chi connectivity index (χ2n) is 7.76. The maximum atomic E-state index is 13.5. The van der Waals surface area contributed by atoms with Gasteiger partial charge in [0, 0.05) is 6.54 Å². The van der Waals surface area contributed by atoms with Crippen LogP contribution in [-0.2, 0) is 21.8 Å². The van der Waals surface area contributed by atoms with E-state index in [1.54, 1.807) is 4.90 Å². The zero-order chi connectivity index (χ0) is 25.4. The zero-order valence-electron chi connectivity index (χ0n) is 17.9. The van der Waals surface area contributed by atoms with Gasteiger partial charge in [0.15, 0.2) is 6.29 Å². The topological polar surface area (TPSA) is 76.2 Å². The van der Waals surface area contributed by atoms with E-state index in [0.717, 1.165) is 0 Å². The number of halogens is 7. The van der Waals surface area contributed by atoms with Gasteiger partial charge in [0.25, 0.3) is 5.95 Å². The summed E-state index contributed by atoms with van der Waals surface area (Å²) in [6.07, 6.45) is -12.4. The molecule has 2 aromatic carbocycles. The minimum atomic E-state index is -5.00. The lowest BCUT2D eigenvalue weighted by molar-refractivity contribution is -0.192. The van der Waals surface area contributed by atoms with Crippen LogP contribution in [0.2, 0.25) is 0 Å². The summed E-state index contributed by atoms with van der Waals surface area (Å²) < 4.78 is 105. The van der Waals surface area contributed by atoms with Gasteiger partial charge in [0.2, 0.25) is 0 Å². The first-order chi connectivity index (χ1) is 16.4. The largest absolute Gasteiger partial charge is 0.416 e. The Morgan fingerprint density at radius 1 is 1.03 bits per heavy atom. The molecule has 1 aliphatic heterocycles. The summed E-state index contributed by atoms with van der Waals surface area (Å²) >= 11 is 0. The summed E-state index contributed by atoms with van der Waals surface area (Å²) in [5, 5.41) is 13.7. The molecule has 3 atom stereocenters. The number of ether oxygens (including phenoxy) is 2. The van der Waals surface area contributed by atoms with Gasteiger partial charge in [-0.15, -0.1) is 5.10 Å². The summed E-state index contributed by atoms with van der Waals surface area (Å²) in [5.41, 5.74) is -2.75. The highest BCUT2D eigenvalue weighted by Gasteiger charge is 2.40. The summed E-state index contributed by atoms with van der Waals surface area (Å²) in [7, 11) is 0. The number of tetrazole rings is 1. The van der Waals surface area contributed by atoms with Gasteiger partial charge in [-0.2, -0.15) is 31.6 Å². The number of hydrogen-bond donors (Lipinski definition) is 1. The number of morpholine rings is 1. The molecule has 2 heterocycles. The van der Waals surface area contributed by atoms with Crippen molar-refractivity contribution in [3.05, 3.63) is 70.5 Å². The van der Waals surface area contributed by atoms with Gasteiger partial charge in [0.05, 0.1) is 23.8 Å². The van der Waals surface area contributed by atoms with Crippen molar-refractivity contribution in [2.24, 2.45) is 0 Å². The number of aromatic nitrogens is 4. The second kappa shape index (κ2) is 9.41. The third kappa shape index (κ3) is 5.53. The monoisotopic (exact) mass is 505 g/mol. The standard InChI is InChI=1S/C21H18F7N5O2/c1-11(13-8-14(20(23,24)25)10-15(9-13)21(26,27)28)35-18-17(12-2-4-16(22)5-3-12)33(6-7-34-18)19-29-31-32-30-19/h2-5,8-11,17-18H,6-7H2,1H3,(H,29,30,31,32). The number of aromatic amines is 1. The molecule has 0 aliphatic carbocycles. The number of anilines is 1. The zero-order valence-corrected chi connectivity index (χ0v) is 17.9. The molecule has 35 heavy (non-hydrogen) atoms. The van der Waals surface area contributed by atoms with Crippen LogP contribution in [0.25, 0.3) is 0 Å². The summed E-state index contributed by atoms with van der Waals surface area (Å²) in [5.74, 6) is -0.353. The number of nitrogens with zero attached hydrogens (tertiary/aromatic N) is 4. The molecule has 1 aromatic heterocycles. The molecular weight excluding hydrogens is 487 g/mol. The molecule has 14 heteroatoms. The van der Waals surface area contributed by atoms with Crippen LogP contribution in [-0.4, -0.2) is 40.1 Å². The van der Waals surface area contributed by atoms with Crippen LogP contribution in [0, 0.1) is 5.82 Å². The Morgan fingerprint density at radius 2 is 1.66 bits per heavy atom. The Hall–Kier alpha value is -3.26. The fourth-order valence-electron chi connectivity index (χ4n) is 3.75. The lowest BCUT2D eigenvalue weighted by Crippen LogP contribution is -2.47. The molecular formula is C21H18F7N5O2. The van der Waals surface area contributed by atoms with Crippen molar-refractivity contribution in [3.63, 3.8) is 0 Å². The molecule has 0 spiro atoms. The second-order valence-corrected chi connectivity index (χ2v) is 7.76. The number of H-pyrrole nitrogens is 1. The maximum absolute atomic E-state index is 13.5. The molecule has 0 saturated carbocycles. The van der Waals surface area contributed by atoms with E-state index in [-0.39, 0.29) is 30.7 Å². The quantitative estimate of drug-likeness (QED) is 0.489. The number of hydrogen-bond acceptors (Lipinski definition) is 6. The molecule has 4 rings (SSSR count). The smallest absolute Gasteiger partial charge is 0.348 e. The van der Waals surface area contributed by atoms with Gasteiger partial charge < -0.3 is 14.4 Å². The highest BCUT2D eigenvalue weighted by atomic mass is 19.4. The molecule has 3 aromatic rings. The van der Waals surface area contributed by atoms with E-state index in [1.807, 2.05) is 0 Å². The number of nitrogens with one attached hydrogen (secondary N) is 1. The highest BCUT2D eigenvalue weighted by Crippen LogP contribution is 2.40. The van der Waals surface area contributed by atoms with Gasteiger partial charge in [-0.25, -0.2) is 4.39 Å². The molecule has 1 N–H and O–H groups in total. The number of benzene rings is 2. The van der Waals surface area contributed by atoms with Crippen LogP contribution < -0.4 is 4.90 Å². The first-order valence-electron chi connectivity index (χ1n) is 10.3. The lowest BCUT2D eigenvalue weighted by Gasteiger charge is -2.41. The fraction of sp³-hybridized carbons (Fsp3) is 0.381. The van der Waals surface area contributed by atoms with E-state index in [1.165, 1.54) is 31.2 Å². The van der Waals surface area contributed by atoms with Crippen LogP contribution >= 0.6 is 0 Å². The van der Waals surface area contributed by atoms with Gasteiger partial charge in [0.1, 0.15) is 11.9 Å². The van der Waals surface area contributed by atoms with Gasteiger partial charge in [-0.05, 0) is 53.6 Å². The first-order valence-corrected chi connectivity index (χ1v) is 10.3. The molecule has 3 unspecified atom stereocenters. The molecule has 7 nitrogen and oxygen atoms in total. The Labute approximate surface area is 193 Å². The van der Waals surface area contributed by atoms with Crippen LogP contribution in [0.1, 0.15) is 41.3 Å². The summed E-state index contributed by atoms with van der Waals surface area (Å²) in [6, 6.07) is 5.75. The third-order valence-corrected chi connectivity index (χ3v) is 5.43. The minimum absolute atomic E-state index is 0.0482. The van der Waals surface area contributed by atoms with E-state index < -0.39 is 47.7 Å². The van der Waals surface area contributed by atoms with E-state index in [4.69, 9.17) is 9.47 Å². The Bertz CT molecular complexity index is 1100. The molecule has 1 saturated heterocycles. The van der Waals surface area contributed by atoms with Crippen molar-refractivity contribution in [2.75, 3.05) is 18.1 Å². The average Bonchev–Trinajstić information content (AvgIpc) is 3.33. The SMILES string of the molecule is CC(OC1OCCN(c2nn[nH]n2)C1c1ccc(F)cc1)c1cc(C(F)(F)F)cc(C(F)(F)F)c1. The van der Waals surface area contributed by atoms with Gasteiger partial charge >= 0.3 is 12.4 Å². The number of rotatable bonds is 5. The third-order valence-electron chi connectivity index (χ3n) is 5.43. The lowest BCUT2D eigenvalue weighted by atomic mass is 10.0. The van der Waals surface area contributed by atoms with Crippen LogP contribution in [0.3, 0.4) is 0 Å². The maximum Gasteiger partial charge on any atom is 0.416 e. The van der Waals surface area contributed by atoms with E-state index in [9.17, 15) is 30.7 Å². The fourth-order valence-corrected chi connectivity index (χ4v) is 3.75. The predicted octanol–water partition coefficient (Wildman–Crippen LogP) is 5.06. The molecule has 188 valence electrons. The van der Waals surface area contributed by atoms with Crippen molar-refractivity contribution in [1.29, 1.82) is 0 Å². The minimum Gasteiger partial charge on any atom is -0.348 e. The predicted molar refractivity (Wildman–Crippen MR) is 106 cm³/mol. The normalized spacial score (nSPS) is 20.2. The van der Waals surface area contributed by atoms with E-state index >= 15 is 0 Å². The van der Waals surface area contributed by atoms with Crippen molar-refractivity contribution in [3.8, 4) is 0 Å². The summed E-state index contributed by atoms with van der Waals surface area (Å²) in [6.45, 7) is 1.66. The Balaban J connectivity index is 1.69. The first kappa shape index (κ1) is 24.9. The molecule has 1 aliphatic rings. The molecule has 0 radical (unpaired) electrons. The average molecular weight is 505 g/mol. The molecule has 1 fully saturated rings. The van der Waals surface area contributed by atoms with Crippen LogP contribution in [0.4, 0.5) is 36.7 Å². The van der Waals surface area contributed by atoms with Crippen LogP contribution in [0.5, 0.6) is 0 Å². The molecule has 0 amide bonds. The van der Waals surface area contributed by atoms with Gasteiger partial charge in [-0.1, -0.05) is 17.2 Å². The van der Waals surface area contributed by atoms with Crippen LogP contribution in [0.15, 0.2) is 42.5 Å². The van der Waals surface area contributed by atoms with Crippen molar-refractivity contribution in [2.45, 2.75) is 37.7 Å². The van der Waals surface area contributed by atoms with Crippen molar-refractivity contribution < 1.29 is 40.2 Å². The highest BCUT2D eigenvalue weighted by molar-refractivity contribution is 5.37. The van der Waals surface area contributed by atoms with Gasteiger partial charge in [-0.3, -0.25) is 0 Å². The van der Waals surface area contributed by atoms with Crippen molar-refractivity contribution in [1.82, 2.24) is 20.6 Å². The van der Waals surface area contributed by atoms with E-state index in [0.29, 0.717) is 17.7 Å². The summed E-state index contributed by atoms with van der Waals surface area (Å²) in [4.78, 5) is 1.63. The van der Waals surface area contributed by atoms with Crippen molar-refractivity contribution >= 4 is 5.95 Å². The number of alkyl halides is 6. The Morgan fingerprint density at radius 3 is 2.20 bits per heavy atom. The Kier molecular flexibility index (Phi) is 6.68. The van der Waals surface area contributed by atoms with E-state index in [2.05, 4.69) is 20.6 Å².